The second-order valence-electron chi connectivity index (χ2n) is 38.4. The van der Waals surface area contributed by atoms with Gasteiger partial charge in [0, 0.05) is 17.8 Å². The molecule has 594 valence electrons. The summed E-state index contributed by atoms with van der Waals surface area (Å²) in [5, 5.41) is 67.4. The Morgan fingerprint density at radius 2 is 0.882 bits per heavy atom. The van der Waals surface area contributed by atoms with Gasteiger partial charge >= 0.3 is 103 Å². The number of H-pyrrole nitrogens is 1. The molecule has 12 fully saturated rings. The molecule has 4 N–H and O–H groups in total. The number of halogens is 4. The van der Waals surface area contributed by atoms with Crippen LogP contribution >= 0.6 is 15.9 Å². The van der Waals surface area contributed by atoms with Crippen molar-refractivity contribution in [3.05, 3.63) is 72.0 Å². The number of hydrogen-bond donors (Lipinski definition) is 4. The molecule has 12 aliphatic rings. The number of benzene rings is 3. The molecule has 24 atom stereocenters. The molecule has 0 unspecified atom stereocenters. The second kappa shape index (κ2) is 34.2. The maximum atomic E-state index is 14.1. The third-order valence-electron chi connectivity index (χ3n) is 33.0. The molecule has 18 rings (SSSR count). The zero-order valence-corrected chi connectivity index (χ0v) is 74.4. The first kappa shape index (κ1) is 88.5. The third kappa shape index (κ3) is 16.4. The predicted octanol–water partition coefficient (Wildman–Crippen LogP) is 10.7. The molecule has 12 saturated carbocycles. The van der Waals surface area contributed by atoms with E-state index in [0.29, 0.717) is 90.9 Å². The number of carbonyl (C=O) groups is 4. The van der Waals surface area contributed by atoms with Crippen LogP contribution in [0.3, 0.4) is 0 Å². The van der Waals surface area contributed by atoms with Gasteiger partial charge in [-0.2, -0.15) is 25.3 Å². The van der Waals surface area contributed by atoms with Gasteiger partial charge < -0.3 is 26.9 Å². The van der Waals surface area contributed by atoms with Crippen molar-refractivity contribution in [1.29, 1.82) is 0 Å². The molecule has 3 heterocycles. The van der Waals surface area contributed by atoms with Crippen LogP contribution < -0.4 is 108 Å². The number of carbonyl (C=O) groups excluding carboxylic acids is 4. The van der Waals surface area contributed by atoms with Crippen LogP contribution in [0.25, 0.3) is 33.1 Å². The van der Waals surface area contributed by atoms with Crippen molar-refractivity contribution >= 4 is 72.9 Å². The molecule has 12 aliphatic carbocycles. The molecule has 0 spiro atoms. The van der Waals surface area contributed by atoms with Gasteiger partial charge in [0.2, 0.25) is 0 Å². The van der Waals surface area contributed by atoms with Crippen LogP contribution in [-0.4, -0.2) is 107 Å². The van der Waals surface area contributed by atoms with E-state index < -0.39 is 28.4 Å². The van der Waals surface area contributed by atoms with Gasteiger partial charge in [0.1, 0.15) is 46.5 Å². The van der Waals surface area contributed by atoms with Crippen molar-refractivity contribution in [3.63, 3.8) is 0 Å². The number of alkyl halides is 1. The fourth-order valence-electron chi connectivity index (χ4n) is 27.4. The average molecular weight is 1640 g/mol. The van der Waals surface area contributed by atoms with E-state index in [-0.39, 0.29) is 194 Å². The average Bonchev–Trinajstić information content (AvgIpc) is 1.70. The number of Topliss-reactive ketones (excluding diaryl/α,β-unsaturated/α-hetero) is 3. The summed E-state index contributed by atoms with van der Waals surface area (Å²) in [5.41, 5.74) is 2.39. The summed E-state index contributed by atoms with van der Waals surface area (Å²) in [5.74, 6) is 8.48. The maximum Gasteiger partial charge on any atom is 1.00 e. The summed E-state index contributed by atoms with van der Waals surface area (Å²) >= 11 is 3.43. The fourth-order valence-corrected chi connectivity index (χ4v) is 27.8. The SMILES string of the molecule is C.C[C@@]1(O)CC[C@@]2(C)[C@@H](CC[C@@H]3[C@@H]2CC[C@]2(C)[C@@H](C(=O)CBr)CC[C@@H]32)C1.C[C@@]1(O)CC[C@@]2(C)[C@@H](CC[C@@H]3[C@@H]2CC[C@]2(C)[C@@H](C(=O)Cn4nc5cccc(F)c5n4)CC[C@@H]32)C1.C[C@@]1(O)CC[C@@]2(C)[C@@H](CC[C@@H]3[C@@H]2CC[C@]2(C)[C@@H](C(=O)Cn4nnc5c(F)cccc54)CC[C@@H]32)C1.Fc1cccc2n[nH]nc12.O=CO[O-].[H-].[K+].[K+]. The maximum absolute atomic E-state index is 14.1. The number of aromatic amines is 1. The van der Waals surface area contributed by atoms with E-state index in [4.69, 9.17) is 10.1 Å². The number of ketones is 3. The summed E-state index contributed by atoms with van der Waals surface area (Å²) in [6.07, 6.45) is 30.4. The van der Waals surface area contributed by atoms with Crippen LogP contribution in [0.2, 0.25) is 0 Å². The van der Waals surface area contributed by atoms with Gasteiger partial charge in [0.25, 0.3) is 6.47 Å². The molecule has 110 heavy (non-hydrogen) atoms. The van der Waals surface area contributed by atoms with Gasteiger partial charge in [0.15, 0.2) is 29.0 Å². The Morgan fingerprint density at radius 1 is 0.500 bits per heavy atom. The van der Waals surface area contributed by atoms with E-state index in [9.17, 15) is 42.9 Å². The van der Waals surface area contributed by atoms with Crippen molar-refractivity contribution in [2.45, 2.75) is 273 Å². The van der Waals surface area contributed by atoms with E-state index in [1.54, 1.807) is 41.1 Å². The Kier molecular flexibility index (Phi) is 27.5. The Hall–Kier alpha value is -2.28. The van der Waals surface area contributed by atoms with E-state index in [2.05, 4.69) is 98.3 Å². The number of para-hydroxylation sites is 1. The van der Waals surface area contributed by atoms with Gasteiger partial charge in [-0.25, -0.2) is 17.9 Å². The number of nitrogens with zero attached hydrogens (tertiary/aromatic N) is 8. The molecule has 3 aromatic carbocycles. The number of rotatable bonds is 9. The summed E-state index contributed by atoms with van der Waals surface area (Å²) in [6, 6.07) is 14.2. The van der Waals surface area contributed by atoms with E-state index in [1.807, 2.05) is 20.8 Å². The Morgan fingerprint density at radius 3 is 1.29 bits per heavy atom. The number of aliphatic hydroxyl groups is 3. The van der Waals surface area contributed by atoms with Crippen LogP contribution in [0.5, 0.6) is 0 Å². The molecule has 24 heteroatoms. The number of fused-ring (bicyclic) bond motifs is 18. The molecule has 18 nitrogen and oxygen atoms in total. The van der Waals surface area contributed by atoms with E-state index >= 15 is 0 Å². The normalized spacial score (nSPS) is 40.8. The minimum absolute atomic E-state index is 0. The smallest absolute Gasteiger partial charge is 1.00 e. The largest absolute Gasteiger partial charge is 1.00 e. The molecular weight excluding hydrogens is 1520 g/mol. The van der Waals surface area contributed by atoms with Crippen molar-refractivity contribution in [2.24, 2.45) is 121 Å². The number of nitrogens with one attached hydrogen (secondary N) is 1. The first-order valence-electron chi connectivity index (χ1n) is 40.7. The first-order valence-corrected chi connectivity index (χ1v) is 41.8. The van der Waals surface area contributed by atoms with Gasteiger partial charge in [-0.05, 0) is 334 Å². The molecule has 3 aromatic heterocycles. The summed E-state index contributed by atoms with van der Waals surface area (Å²) in [4.78, 5) is 52.3. The zero-order chi connectivity index (χ0) is 76.2. The summed E-state index contributed by atoms with van der Waals surface area (Å²) in [6.45, 7) is 21.0. The second-order valence-corrected chi connectivity index (χ2v) is 39.0. The third-order valence-corrected chi connectivity index (χ3v) is 33.6. The van der Waals surface area contributed by atoms with Crippen molar-refractivity contribution < 1.29 is 162 Å². The van der Waals surface area contributed by atoms with Gasteiger partial charge in [0.05, 0.1) is 27.6 Å². The standard InChI is InChI=1S/2C28H38FN3O2.C22H35BrO2.C6H4FN3.CH2O3.CH4.2K.H/c1-26(34)13-14-27(2)17(15-26)7-8-18-19-9-10-21(28(19,3)12-11-20(18)27)24(33)16-32-23-6-4-5-22(29)25(23)30-31-32;1-26(34)13-14-27(2)17(15-26)7-8-18-19-9-10-21(28(19,3)12-11-20(18)27)24(33)16-32-30-23-6-4-5-22(29)25(23)31-32;1-20(25)10-11-21(2)14(12-20)4-5-15-16-6-7-18(19(24)13-23)22(16,3)9-8-17(15)21;7-4-2-1-3-5-6(4)9-10-8-5;2-1-4-3;;;;/h2*4-6,17-21,34H,7-16H2,1-3H3;14-18,25H,4-13H2,1-3H3;1-3H,(H,8,9,10);1,3H;1H4;;;/q;;;;;;2*+1;-1/p-1/t2*17-,18-,19-,20-,21+,26+,27-,28-;14-,15-,16-,17-,18+,20+,21-,22-;;;;;;/m000....../s1. The quantitative estimate of drug-likeness (QED) is 0.0345. The first-order chi connectivity index (χ1) is 50.7. The Bertz CT molecular complexity index is 4270. The molecule has 6 aromatic rings. The van der Waals surface area contributed by atoms with Gasteiger partial charge in [-0.1, -0.05) is 88.3 Å². The minimum Gasteiger partial charge on any atom is -1.00 e. The molecule has 0 aliphatic heterocycles. The van der Waals surface area contributed by atoms with Crippen LogP contribution in [0, 0.1) is 139 Å². The molecule has 0 radical (unpaired) electrons. The topological polar surface area (TPSA) is 264 Å². The number of hydrogen-bond acceptors (Lipinski definition) is 15. The van der Waals surface area contributed by atoms with Crippen LogP contribution in [0.15, 0.2) is 54.6 Å². The summed E-state index contributed by atoms with van der Waals surface area (Å²) in [7, 11) is 0. The van der Waals surface area contributed by atoms with Gasteiger partial charge in [-0.3, -0.25) is 19.2 Å². The molecule has 0 amide bonds. The minimum atomic E-state index is -0.501. The Balaban J connectivity index is 0.000000161. The van der Waals surface area contributed by atoms with Crippen molar-refractivity contribution in [2.75, 3.05) is 5.33 Å². The van der Waals surface area contributed by atoms with Crippen LogP contribution in [-0.2, 0) is 37.2 Å². The van der Waals surface area contributed by atoms with E-state index in [1.165, 1.54) is 100 Å². The molecule has 0 saturated heterocycles. The molecular formula is C86H121BrF3K2N9O9. The van der Waals surface area contributed by atoms with Gasteiger partial charge in [-0.15, -0.1) is 10.2 Å². The Labute approximate surface area is 743 Å². The van der Waals surface area contributed by atoms with Crippen molar-refractivity contribution in [1.82, 2.24) is 45.4 Å². The van der Waals surface area contributed by atoms with Crippen LogP contribution in [0.1, 0.15) is 245 Å². The van der Waals surface area contributed by atoms with E-state index in [0.717, 1.165) is 126 Å². The van der Waals surface area contributed by atoms with Crippen LogP contribution in [0.4, 0.5) is 13.2 Å². The van der Waals surface area contributed by atoms with Crippen molar-refractivity contribution in [3.8, 4) is 0 Å². The zero-order valence-electron chi connectivity index (χ0n) is 67.5. The fraction of sp³-hybridized carbons (Fsp3) is 0.744. The monoisotopic (exact) mass is 1640 g/mol. The number of aromatic nitrogens is 9. The summed E-state index contributed by atoms with van der Waals surface area (Å²) < 4.78 is 42.4. The molecule has 0 bridgehead atoms. The predicted molar refractivity (Wildman–Crippen MR) is 410 cm³/mol.